The Labute approximate surface area is 177 Å². The molecule has 0 aliphatic carbocycles. The molecule has 1 fully saturated rings. The van der Waals surface area contributed by atoms with Crippen LogP contribution in [0.2, 0.25) is 0 Å². The van der Waals surface area contributed by atoms with Crippen LogP contribution in [0, 0.1) is 0 Å². The second-order valence-electron chi connectivity index (χ2n) is 6.21. The maximum atomic E-state index is 12.9. The fraction of sp³-hybridized carbons (Fsp3) is 0.143. The zero-order valence-electron chi connectivity index (χ0n) is 15.4. The number of nitrogens with zero attached hydrogens (tertiary/aromatic N) is 1. The van der Waals surface area contributed by atoms with Gasteiger partial charge in [0.1, 0.15) is 10.4 Å². The van der Waals surface area contributed by atoms with E-state index in [4.69, 9.17) is 12.2 Å². The summed E-state index contributed by atoms with van der Waals surface area (Å²) in [6.45, 7) is 0. The summed E-state index contributed by atoms with van der Waals surface area (Å²) < 4.78 is 4.86. The van der Waals surface area contributed by atoms with Crippen LogP contribution in [0.25, 0.3) is 6.08 Å². The van der Waals surface area contributed by atoms with E-state index in [2.05, 4.69) is 4.74 Å². The highest BCUT2D eigenvalue weighted by Gasteiger charge is 2.40. The summed E-state index contributed by atoms with van der Waals surface area (Å²) in [6.07, 6.45) is 1.78. The van der Waals surface area contributed by atoms with Crippen LogP contribution in [0.1, 0.15) is 21.5 Å². The highest BCUT2D eigenvalue weighted by molar-refractivity contribution is 8.26. The maximum absolute atomic E-state index is 12.9. The van der Waals surface area contributed by atoms with Crippen LogP contribution in [-0.4, -0.2) is 45.3 Å². The normalized spacial score (nSPS) is 16.2. The second-order valence-corrected chi connectivity index (χ2v) is 7.88. The van der Waals surface area contributed by atoms with Crippen molar-refractivity contribution < 1.29 is 24.2 Å². The number of thioether (sulfide) groups is 1. The Morgan fingerprint density at radius 2 is 1.83 bits per heavy atom. The fourth-order valence-electron chi connectivity index (χ4n) is 2.86. The van der Waals surface area contributed by atoms with E-state index in [1.807, 2.05) is 30.3 Å². The van der Waals surface area contributed by atoms with Gasteiger partial charge in [-0.3, -0.25) is 9.69 Å². The van der Waals surface area contributed by atoms with E-state index in [9.17, 15) is 19.5 Å². The standard InChI is InChI=1S/C21H17NO5S2/c1-27-20(26)15-9-7-14(8-10-15)12-17-18(23)22(21(28)29-17)16(19(24)25)11-13-5-3-2-4-6-13/h2-10,12,16H,11H2,1H3,(H,24,25)/b17-12+. The highest BCUT2D eigenvalue weighted by Crippen LogP contribution is 2.34. The molecule has 0 aromatic heterocycles. The van der Waals surface area contributed by atoms with Crippen molar-refractivity contribution >= 4 is 52.2 Å². The van der Waals surface area contributed by atoms with Crippen LogP contribution in [0.5, 0.6) is 0 Å². The average molecular weight is 428 g/mol. The van der Waals surface area contributed by atoms with Gasteiger partial charge in [-0.05, 0) is 29.3 Å². The van der Waals surface area contributed by atoms with Gasteiger partial charge in [0.15, 0.2) is 0 Å². The van der Waals surface area contributed by atoms with Crippen LogP contribution < -0.4 is 0 Å². The third kappa shape index (κ3) is 4.72. The molecule has 0 bridgehead atoms. The van der Waals surface area contributed by atoms with E-state index in [1.54, 1.807) is 30.3 Å². The Bertz CT molecular complexity index is 986. The molecule has 0 radical (unpaired) electrons. The van der Waals surface area contributed by atoms with Crippen molar-refractivity contribution in [3.8, 4) is 0 Å². The molecule has 148 valence electrons. The number of amides is 1. The van der Waals surface area contributed by atoms with Gasteiger partial charge in [-0.25, -0.2) is 9.59 Å². The Hall–Kier alpha value is -2.97. The molecule has 8 heteroatoms. The lowest BCUT2D eigenvalue weighted by molar-refractivity contribution is -0.145. The molecule has 2 aromatic carbocycles. The molecule has 1 heterocycles. The SMILES string of the molecule is COC(=O)c1ccc(/C=C2/SC(=S)N(C(Cc3ccccc3)C(=O)O)C2=O)cc1. The summed E-state index contributed by atoms with van der Waals surface area (Å²) in [5, 5.41) is 9.69. The minimum absolute atomic E-state index is 0.156. The number of carbonyl (C=O) groups excluding carboxylic acids is 2. The van der Waals surface area contributed by atoms with E-state index in [0.717, 1.165) is 22.2 Å². The lowest BCUT2D eigenvalue weighted by Gasteiger charge is -2.23. The molecule has 1 aliphatic heterocycles. The quantitative estimate of drug-likeness (QED) is 0.430. The van der Waals surface area contributed by atoms with Crippen LogP contribution in [-0.2, 0) is 20.7 Å². The monoisotopic (exact) mass is 427 g/mol. The number of carbonyl (C=O) groups is 3. The first-order valence-electron chi connectivity index (χ1n) is 8.63. The fourth-order valence-corrected chi connectivity index (χ4v) is 4.22. The number of hydrogen-bond acceptors (Lipinski definition) is 6. The molecule has 2 aromatic rings. The molecule has 1 unspecified atom stereocenters. The molecule has 1 saturated heterocycles. The smallest absolute Gasteiger partial charge is 0.337 e. The van der Waals surface area contributed by atoms with Gasteiger partial charge in [-0.15, -0.1) is 0 Å². The topological polar surface area (TPSA) is 83.9 Å². The highest BCUT2D eigenvalue weighted by atomic mass is 32.2. The number of aliphatic carboxylic acids is 1. The predicted octanol–water partition coefficient (Wildman–Crippen LogP) is 3.37. The third-order valence-corrected chi connectivity index (χ3v) is 5.65. The van der Waals surface area contributed by atoms with Crippen molar-refractivity contribution in [2.45, 2.75) is 12.5 Å². The van der Waals surface area contributed by atoms with Gasteiger partial charge in [0, 0.05) is 6.42 Å². The van der Waals surface area contributed by atoms with Gasteiger partial charge < -0.3 is 9.84 Å². The van der Waals surface area contributed by atoms with Crippen molar-refractivity contribution in [3.05, 3.63) is 76.2 Å². The van der Waals surface area contributed by atoms with Gasteiger partial charge >= 0.3 is 11.9 Å². The van der Waals surface area contributed by atoms with Crippen molar-refractivity contribution in [2.75, 3.05) is 7.11 Å². The van der Waals surface area contributed by atoms with Crippen molar-refractivity contribution in [3.63, 3.8) is 0 Å². The number of hydrogen-bond donors (Lipinski definition) is 1. The Balaban J connectivity index is 1.83. The van der Waals surface area contributed by atoms with E-state index < -0.39 is 23.9 Å². The Morgan fingerprint density at radius 3 is 2.41 bits per heavy atom. The summed E-state index contributed by atoms with van der Waals surface area (Å²) in [7, 11) is 1.30. The molecule has 0 saturated carbocycles. The maximum Gasteiger partial charge on any atom is 0.337 e. The van der Waals surface area contributed by atoms with Gasteiger partial charge in [0.25, 0.3) is 5.91 Å². The molecule has 0 spiro atoms. The molecule has 6 nitrogen and oxygen atoms in total. The molecule has 1 amide bonds. The number of rotatable bonds is 6. The molecule has 3 rings (SSSR count). The minimum atomic E-state index is -1.12. The van der Waals surface area contributed by atoms with E-state index in [1.165, 1.54) is 7.11 Å². The minimum Gasteiger partial charge on any atom is -0.480 e. The van der Waals surface area contributed by atoms with Gasteiger partial charge in [0.2, 0.25) is 0 Å². The van der Waals surface area contributed by atoms with Crippen LogP contribution >= 0.6 is 24.0 Å². The number of methoxy groups -OCH3 is 1. The predicted molar refractivity (Wildman–Crippen MR) is 114 cm³/mol. The zero-order valence-corrected chi connectivity index (χ0v) is 17.0. The molecule has 1 atom stereocenters. The van der Waals surface area contributed by atoms with Crippen molar-refractivity contribution in [1.82, 2.24) is 4.90 Å². The van der Waals surface area contributed by atoms with Crippen molar-refractivity contribution in [1.29, 1.82) is 0 Å². The second kappa shape index (κ2) is 9.02. The zero-order chi connectivity index (χ0) is 21.0. The number of carboxylic acids is 1. The molecule has 1 aliphatic rings. The van der Waals surface area contributed by atoms with Gasteiger partial charge in [-0.1, -0.05) is 66.4 Å². The number of esters is 1. The first-order chi connectivity index (χ1) is 13.9. The number of ether oxygens (including phenoxy) is 1. The molecule has 29 heavy (non-hydrogen) atoms. The lowest BCUT2D eigenvalue weighted by Crippen LogP contribution is -2.45. The summed E-state index contributed by atoms with van der Waals surface area (Å²) >= 11 is 6.36. The number of benzene rings is 2. The molecule has 1 N–H and O–H groups in total. The van der Waals surface area contributed by atoms with Gasteiger partial charge in [-0.2, -0.15) is 0 Å². The van der Waals surface area contributed by atoms with Crippen LogP contribution in [0.15, 0.2) is 59.5 Å². The summed E-state index contributed by atoms with van der Waals surface area (Å²) in [5.74, 6) is -2.01. The van der Waals surface area contributed by atoms with Crippen LogP contribution in [0.3, 0.4) is 0 Å². The molecular weight excluding hydrogens is 410 g/mol. The van der Waals surface area contributed by atoms with Gasteiger partial charge in [0.05, 0.1) is 17.6 Å². The third-order valence-electron chi connectivity index (χ3n) is 4.32. The van der Waals surface area contributed by atoms with E-state index in [-0.39, 0.29) is 10.7 Å². The molecular formula is C21H17NO5S2. The first kappa shape index (κ1) is 20.8. The van der Waals surface area contributed by atoms with E-state index in [0.29, 0.717) is 16.0 Å². The Morgan fingerprint density at radius 1 is 1.17 bits per heavy atom. The van der Waals surface area contributed by atoms with Crippen LogP contribution in [0.4, 0.5) is 0 Å². The number of thiocarbonyl (C=S) groups is 1. The summed E-state index contributed by atoms with van der Waals surface area (Å²) in [4.78, 5) is 37.8. The van der Waals surface area contributed by atoms with Crippen molar-refractivity contribution in [2.24, 2.45) is 0 Å². The summed E-state index contributed by atoms with van der Waals surface area (Å²) in [5.41, 5.74) is 1.88. The number of carboxylic acid groups (broad SMARTS) is 1. The lowest BCUT2D eigenvalue weighted by atomic mass is 10.0. The Kier molecular flexibility index (Phi) is 6.46. The average Bonchev–Trinajstić information content (AvgIpc) is 2.99. The first-order valence-corrected chi connectivity index (χ1v) is 9.85. The summed E-state index contributed by atoms with van der Waals surface area (Å²) in [6, 6.07) is 14.5. The van der Waals surface area contributed by atoms with E-state index >= 15 is 0 Å². The largest absolute Gasteiger partial charge is 0.480 e.